The molecule has 3 aromatic rings. The topological polar surface area (TPSA) is 103 Å². The first-order valence-electron chi connectivity index (χ1n) is 9.91. The number of carbonyl (C=O) groups excluding carboxylic acids is 1. The molecule has 0 unspecified atom stereocenters. The Hall–Kier alpha value is -3.81. The monoisotopic (exact) mass is 421 g/mol. The molecule has 8 heteroatoms. The average Bonchev–Trinajstić information content (AvgIpc) is 2.78. The van der Waals surface area contributed by atoms with Crippen LogP contribution in [0.1, 0.15) is 35.0 Å². The summed E-state index contributed by atoms with van der Waals surface area (Å²) in [6.45, 7) is 2.64. The van der Waals surface area contributed by atoms with E-state index < -0.39 is 0 Å². The predicted molar refractivity (Wildman–Crippen MR) is 117 cm³/mol. The molecule has 0 aliphatic heterocycles. The van der Waals surface area contributed by atoms with Gasteiger partial charge in [0.15, 0.2) is 5.78 Å². The first-order chi connectivity index (χ1) is 15.1. The zero-order valence-corrected chi connectivity index (χ0v) is 17.2. The number of Topliss-reactive ketones (excluding diaryl/α,β-unsaturated/α-hetero) is 1. The molecule has 2 heterocycles. The van der Waals surface area contributed by atoms with Gasteiger partial charge in [0.25, 0.3) is 0 Å². The van der Waals surface area contributed by atoms with Gasteiger partial charge < -0.3 is 15.8 Å². The fourth-order valence-electron chi connectivity index (χ4n) is 2.81. The lowest BCUT2D eigenvalue weighted by Crippen LogP contribution is -2.09. The van der Waals surface area contributed by atoms with Crippen LogP contribution in [0.3, 0.4) is 0 Å². The van der Waals surface area contributed by atoms with Gasteiger partial charge in [-0.3, -0.25) is 4.79 Å². The van der Waals surface area contributed by atoms with E-state index in [9.17, 15) is 9.18 Å². The minimum Gasteiger partial charge on any atom is -0.472 e. The second-order valence-electron chi connectivity index (χ2n) is 6.75. The number of hydrogen-bond donors (Lipinski definition) is 2. The van der Waals surface area contributed by atoms with E-state index in [1.165, 1.54) is 18.5 Å². The first-order valence-corrected chi connectivity index (χ1v) is 9.91. The highest BCUT2D eigenvalue weighted by molar-refractivity contribution is 5.95. The fraction of sp³-hybridized carbons (Fsp3) is 0.217. The molecule has 0 radical (unpaired) electrons. The molecule has 0 fully saturated rings. The van der Waals surface area contributed by atoms with E-state index in [4.69, 9.17) is 10.5 Å². The number of nitrogen functional groups attached to an aromatic ring is 1. The normalized spacial score (nSPS) is 10.9. The van der Waals surface area contributed by atoms with Crippen LogP contribution in [0.2, 0.25) is 0 Å². The molecule has 0 spiro atoms. The van der Waals surface area contributed by atoms with Gasteiger partial charge in [0, 0.05) is 24.7 Å². The fourth-order valence-corrected chi connectivity index (χ4v) is 2.81. The van der Waals surface area contributed by atoms with E-state index in [-0.39, 0.29) is 30.3 Å². The average molecular weight is 421 g/mol. The number of rotatable bonds is 10. The molecule has 3 rings (SSSR count). The van der Waals surface area contributed by atoms with E-state index >= 15 is 0 Å². The molecular weight excluding hydrogens is 397 g/mol. The number of nitrogens with two attached hydrogens (primary N) is 1. The SMILES string of the molecule is CC/C=C\COc1cnc(C(=O)Cc2ccc(F)c(CNc3cccnc3N)c2)cn1. The van der Waals surface area contributed by atoms with Gasteiger partial charge in [-0.15, -0.1) is 0 Å². The quantitative estimate of drug-likeness (QED) is 0.377. The molecule has 0 saturated carbocycles. The lowest BCUT2D eigenvalue weighted by molar-refractivity contribution is 0.0987. The molecule has 0 aliphatic rings. The van der Waals surface area contributed by atoms with Gasteiger partial charge in [-0.1, -0.05) is 31.2 Å². The Balaban J connectivity index is 1.61. The van der Waals surface area contributed by atoms with Crippen LogP contribution in [-0.4, -0.2) is 27.3 Å². The first kappa shape index (κ1) is 21.9. The van der Waals surface area contributed by atoms with E-state index in [0.29, 0.717) is 35.1 Å². The van der Waals surface area contributed by atoms with Crippen LogP contribution < -0.4 is 15.8 Å². The molecule has 1 aromatic carbocycles. The van der Waals surface area contributed by atoms with Crippen LogP contribution in [0.25, 0.3) is 0 Å². The van der Waals surface area contributed by atoms with Crippen LogP contribution in [0, 0.1) is 5.82 Å². The van der Waals surface area contributed by atoms with Gasteiger partial charge >= 0.3 is 0 Å². The Morgan fingerprint density at radius 1 is 1.19 bits per heavy atom. The van der Waals surface area contributed by atoms with E-state index in [1.54, 1.807) is 30.5 Å². The van der Waals surface area contributed by atoms with Gasteiger partial charge in [0.2, 0.25) is 5.88 Å². The summed E-state index contributed by atoms with van der Waals surface area (Å²) < 4.78 is 19.6. The molecule has 0 bridgehead atoms. The Morgan fingerprint density at radius 3 is 2.81 bits per heavy atom. The molecule has 0 aliphatic carbocycles. The van der Waals surface area contributed by atoms with Gasteiger partial charge in [-0.25, -0.2) is 19.3 Å². The maximum atomic E-state index is 14.2. The summed E-state index contributed by atoms with van der Waals surface area (Å²) >= 11 is 0. The summed E-state index contributed by atoms with van der Waals surface area (Å²) in [5, 5.41) is 3.06. The van der Waals surface area contributed by atoms with Crippen molar-refractivity contribution in [3.8, 4) is 5.88 Å². The van der Waals surface area contributed by atoms with Crippen LogP contribution in [0.15, 0.2) is 61.1 Å². The summed E-state index contributed by atoms with van der Waals surface area (Å²) in [6.07, 6.45) is 9.29. The van der Waals surface area contributed by atoms with Gasteiger partial charge in [0.1, 0.15) is 23.9 Å². The van der Waals surface area contributed by atoms with E-state index in [2.05, 4.69) is 20.3 Å². The number of allylic oxidation sites excluding steroid dienone is 1. The Labute approximate surface area is 180 Å². The highest BCUT2D eigenvalue weighted by Gasteiger charge is 2.12. The smallest absolute Gasteiger partial charge is 0.232 e. The summed E-state index contributed by atoms with van der Waals surface area (Å²) in [5.74, 6) is 0.0975. The van der Waals surface area contributed by atoms with Crippen molar-refractivity contribution in [1.82, 2.24) is 15.0 Å². The van der Waals surface area contributed by atoms with Crippen molar-refractivity contribution in [1.29, 1.82) is 0 Å². The molecule has 2 aromatic heterocycles. The minimum absolute atomic E-state index is 0.0798. The van der Waals surface area contributed by atoms with Crippen molar-refractivity contribution in [2.24, 2.45) is 0 Å². The summed E-state index contributed by atoms with van der Waals surface area (Å²) in [6, 6.07) is 8.08. The maximum absolute atomic E-state index is 14.2. The number of ketones is 1. The third-order valence-corrected chi connectivity index (χ3v) is 4.43. The third-order valence-electron chi connectivity index (χ3n) is 4.43. The number of hydrogen-bond acceptors (Lipinski definition) is 7. The number of pyridine rings is 1. The van der Waals surface area contributed by atoms with Crippen LogP contribution in [-0.2, 0) is 13.0 Å². The molecule has 0 amide bonds. The Kier molecular flexibility index (Phi) is 7.64. The number of aromatic nitrogens is 3. The number of nitrogens with one attached hydrogen (secondary N) is 1. The van der Waals surface area contributed by atoms with E-state index in [1.807, 2.05) is 19.1 Å². The van der Waals surface area contributed by atoms with Gasteiger partial charge in [-0.05, 0) is 30.2 Å². The van der Waals surface area contributed by atoms with Crippen molar-refractivity contribution < 1.29 is 13.9 Å². The van der Waals surface area contributed by atoms with Crippen LogP contribution in [0.4, 0.5) is 15.9 Å². The molecule has 31 heavy (non-hydrogen) atoms. The highest BCUT2D eigenvalue weighted by atomic mass is 19.1. The van der Waals surface area contributed by atoms with Crippen molar-refractivity contribution in [2.75, 3.05) is 17.7 Å². The van der Waals surface area contributed by atoms with Gasteiger partial charge in [-0.2, -0.15) is 0 Å². The van der Waals surface area contributed by atoms with Crippen molar-refractivity contribution in [3.63, 3.8) is 0 Å². The lowest BCUT2D eigenvalue weighted by atomic mass is 10.0. The zero-order valence-electron chi connectivity index (χ0n) is 17.2. The molecule has 160 valence electrons. The zero-order chi connectivity index (χ0) is 22.1. The van der Waals surface area contributed by atoms with Crippen LogP contribution in [0.5, 0.6) is 5.88 Å². The molecule has 7 nitrogen and oxygen atoms in total. The highest BCUT2D eigenvalue weighted by Crippen LogP contribution is 2.18. The number of anilines is 2. The number of ether oxygens (including phenoxy) is 1. The summed E-state index contributed by atoms with van der Waals surface area (Å²) in [5.41, 5.74) is 7.73. The molecule has 3 N–H and O–H groups in total. The second-order valence-corrected chi connectivity index (χ2v) is 6.75. The summed E-state index contributed by atoms with van der Waals surface area (Å²) in [7, 11) is 0. The van der Waals surface area contributed by atoms with Crippen LogP contribution >= 0.6 is 0 Å². The molecular formula is C23H24FN5O2. The Bertz CT molecular complexity index is 1050. The van der Waals surface area contributed by atoms with Crippen molar-refractivity contribution >= 4 is 17.3 Å². The molecule has 0 saturated heterocycles. The maximum Gasteiger partial charge on any atom is 0.232 e. The number of halogens is 1. The molecule has 0 atom stereocenters. The number of carbonyl (C=O) groups is 1. The Morgan fingerprint density at radius 2 is 2.06 bits per heavy atom. The standard InChI is InChI=1S/C23H24FN5O2/c1-2-3-4-10-31-22-15-28-20(14-29-22)21(30)12-16-7-8-18(24)17(11-16)13-27-19-6-5-9-26-23(19)25/h3-9,11,14-15,27H,2,10,12-13H2,1H3,(H2,25,26)/b4-3-. The lowest BCUT2D eigenvalue weighted by Gasteiger charge is -2.10. The summed E-state index contributed by atoms with van der Waals surface area (Å²) in [4.78, 5) is 24.8. The number of nitrogens with zero attached hydrogens (tertiary/aromatic N) is 3. The predicted octanol–water partition coefficient (Wildman–Crippen LogP) is 3.98. The largest absolute Gasteiger partial charge is 0.472 e. The third kappa shape index (κ3) is 6.33. The number of benzene rings is 1. The van der Waals surface area contributed by atoms with Crippen molar-refractivity contribution in [2.45, 2.75) is 26.3 Å². The minimum atomic E-state index is -0.371. The second kappa shape index (κ2) is 10.8. The van der Waals surface area contributed by atoms with Gasteiger partial charge in [0.05, 0.1) is 18.1 Å². The van der Waals surface area contributed by atoms with E-state index in [0.717, 1.165) is 6.42 Å². The van der Waals surface area contributed by atoms with Crippen molar-refractivity contribution in [3.05, 3.63) is 83.7 Å².